The highest BCUT2D eigenvalue weighted by molar-refractivity contribution is 7.09. The standard InChI is InChI=1S/C21H18ClN5OS/c22-16-4-1-2-5-19(16)27-13-9-17(26-27)21(28)24-10-3-6-20-25-18(14-29-20)15-7-11-23-12-8-15/h1-2,4-5,7-9,11-14H,3,6,10H2,(H,24,28). The summed E-state index contributed by atoms with van der Waals surface area (Å²) in [6.45, 7) is 0.557. The van der Waals surface area contributed by atoms with Crippen LogP contribution in [0.1, 0.15) is 21.9 Å². The molecule has 0 spiro atoms. The maximum absolute atomic E-state index is 12.3. The Kier molecular flexibility index (Phi) is 5.97. The van der Waals surface area contributed by atoms with Gasteiger partial charge in [-0.2, -0.15) is 5.10 Å². The molecule has 3 heterocycles. The predicted molar refractivity (Wildman–Crippen MR) is 115 cm³/mol. The lowest BCUT2D eigenvalue weighted by Crippen LogP contribution is -2.25. The molecule has 0 radical (unpaired) electrons. The van der Waals surface area contributed by atoms with Gasteiger partial charge in [0.15, 0.2) is 5.69 Å². The van der Waals surface area contributed by atoms with Gasteiger partial charge in [0.2, 0.25) is 0 Å². The van der Waals surface area contributed by atoms with Crippen molar-refractivity contribution < 1.29 is 4.79 Å². The van der Waals surface area contributed by atoms with Gasteiger partial charge in [0.25, 0.3) is 5.91 Å². The molecule has 0 aliphatic heterocycles. The molecule has 0 aliphatic carbocycles. The SMILES string of the molecule is O=C(NCCCc1nc(-c2ccncc2)cs1)c1ccn(-c2ccccc2Cl)n1. The maximum atomic E-state index is 12.3. The first-order chi connectivity index (χ1) is 14.2. The van der Waals surface area contributed by atoms with E-state index in [4.69, 9.17) is 11.6 Å². The largest absolute Gasteiger partial charge is 0.351 e. The molecule has 3 aromatic heterocycles. The average Bonchev–Trinajstić information content (AvgIpc) is 3.42. The number of carbonyl (C=O) groups is 1. The summed E-state index contributed by atoms with van der Waals surface area (Å²) in [6.07, 6.45) is 6.87. The van der Waals surface area contributed by atoms with Crippen molar-refractivity contribution in [3.63, 3.8) is 0 Å². The van der Waals surface area contributed by atoms with Crippen LogP contribution in [0.2, 0.25) is 5.02 Å². The zero-order valence-electron chi connectivity index (χ0n) is 15.5. The van der Waals surface area contributed by atoms with Crippen LogP contribution in [0.15, 0.2) is 66.4 Å². The average molecular weight is 424 g/mol. The van der Waals surface area contributed by atoms with Gasteiger partial charge >= 0.3 is 0 Å². The van der Waals surface area contributed by atoms with Crippen LogP contribution < -0.4 is 5.32 Å². The first kappa shape index (κ1) is 19.3. The van der Waals surface area contributed by atoms with Crippen LogP contribution in [0, 0.1) is 0 Å². The Hall–Kier alpha value is -3.03. The molecule has 1 aromatic carbocycles. The van der Waals surface area contributed by atoms with Crippen molar-refractivity contribution in [1.82, 2.24) is 25.1 Å². The second-order valence-electron chi connectivity index (χ2n) is 6.32. The van der Waals surface area contributed by atoms with Crippen LogP contribution >= 0.6 is 22.9 Å². The molecule has 4 rings (SSSR count). The van der Waals surface area contributed by atoms with E-state index in [1.54, 1.807) is 46.7 Å². The van der Waals surface area contributed by atoms with Crippen molar-refractivity contribution in [1.29, 1.82) is 0 Å². The molecular formula is C21H18ClN5OS. The summed E-state index contributed by atoms with van der Waals surface area (Å²) in [7, 11) is 0. The zero-order chi connectivity index (χ0) is 20.1. The number of aromatic nitrogens is 4. The lowest BCUT2D eigenvalue weighted by Gasteiger charge is -2.04. The van der Waals surface area contributed by atoms with Gasteiger partial charge in [-0.25, -0.2) is 9.67 Å². The second kappa shape index (κ2) is 8.98. The second-order valence-corrected chi connectivity index (χ2v) is 7.67. The molecule has 4 aromatic rings. The Labute approximate surface area is 177 Å². The van der Waals surface area contributed by atoms with Gasteiger partial charge in [-0.3, -0.25) is 9.78 Å². The van der Waals surface area contributed by atoms with Gasteiger partial charge in [-0.05, 0) is 36.8 Å². The molecule has 1 N–H and O–H groups in total. The van der Waals surface area contributed by atoms with Gasteiger partial charge in [0.05, 0.1) is 21.4 Å². The van der Waals surface area contributed by atoms with Crippen LogP contribution in [0.5, 0.6) is 0 Å². The number of aryl methyl sites for hydroxylation is 1. The van der Waals surface area contributed by atoms with E-state index in [-0.39, 0.29) is 5.91 Å². The molecule has 0 unspecified atom stereocenters. The molecular weight excluding hydrogens is 406 g/mol. The first-order valence-electron chi connectivity index (χ1n) is 9.14. The Morgan fingerprint density at radius 3 is 2.79 bits per heavy atom. The third-order valence-electron chi connectivity index (χ3n) is 4.30. The molecule has 29 heavy (non-hydrogen) atoms. The van der Waals surface area contributed by atoms with Crippen LogP contribution in [0.3, 0.4) is 0 Å². The van der Waals surface area contributed by atoms with E-state index < -0.39 is 0 Å². The molecule has 0 fully saturated rings. The van der Waals surface area contributed by atoms with E-state index in [0.29, 0.717) is 17.3 Å². The van der Waals surface area contributed by atoms with Crippen LogP contribution in [0.25, 0.3) is 16.9 Å². The van der Waals surface area contributed by atoms with Crippen LogP contribution in [-0.4, -0.2) is 32.2 Å². The van der Waals surface area contributed by atoms with Gasteiger partial charge in [0.1, 0.15) is 0 Å². The number of amides is 1. The number of rotatable bonds is 7. The highest BCUT2D eigenvalue weighted by Crippen LogP contribution is 2.22. The maximum Gasteiger partial charge on any atom is 0.271 e. The van der Waals surface area contributed by atoms with E-state index in [2.05, 4.69) is 20.4 Å². The fourth-order valence-electron chi connectivity index (χ4n) is 2.83. The number of pyridine rings is 1. The molecule has 0 saturated heterocycles. The molecule has 8 heteroatoms. The Morgan fingerprint density at radius 1 is 1.14 bits per heavy atom. The van der Waals surface area contributed by atoms with Gasteiger partial charge in [0, 0.05) is 42.5 Å². The number of para-hydroxylation sites is 1. The molecule has 1 amide bonds. The lowest BCUT2D eigenvalue weighted by molar-refractivity contribution is 0.0948. The normalized spacial score (nSPS) is 10.8. The van der Waals surface area contributed by atoms with Gasteiger partial charge in [-0.15, -0.1) is 11.3 Å². The van der Waals surface area contributed by atoms with E-state index in [1.807, 2.05) is 35.7 Å². The fourth-order valence-corrected chi connectivity index (χ4v) is 3.90. The summed E-state index contributed by atoms with van der Waals surface area (Å²) < 4.78 is 1.60. The first-order valence-corrected chi connectivity index (χ1v) is 10.4. The highest BCUT2D eigenvalue weighted by atomic mass is 35.5. The van der Waals surface area contributed by atoms with E-state index in [0.717, 1.165) is 34.8 Å². The van der Waals surface area contributed by atoms with Crippen molar-refractivity contribution in [3.05, 3.63) is 82.2 Å². The number of nitrogens with one attached hydrogen (secondary N) is 1. The monoisotopic (exact) mass is 423 g/mol. The van der Waals surface area contributed by atoms with E-state index in [9.17, 15) is 4.79 Å². The fraction of sp³-hybridized carbons (Fsp3) is 0.143. The Morgan fingerprint density at radius 2 is 1.97 bits per heavy atom. The molecule has 0 aliphatic rings. The number of benzene rings is 1. The number of hydrogen-bond donors (Lipinski definition) is 1. The Bertz CT molecular complexity index is 1110. The third-order valence-corrected chi connectivity index (χ3v) is 5.53. The molecule has 146 valence electrons. The molecule has 0 saturated carbocycles. The number of thiazole rings is 1. The van der Waals surface area contributed by atoms with Crippen LogP contribution in [0.4, 0.5) is 0 Å². The minimum absolute atomic E-state index is 0.201. The predicted octanol–water partition coefficient (Wildman–Crippen LogP) is 4.41. The van der Waals surface area contributed by atoms with E-state index >= 15 is 0 Å². The highest BCUT2D eigenvalue weighted by Gasteiger charge is 2.11. The number of nitrogens with zero attached hydrogens (tertiary/aromatic N) is 4. The van der Waals surface area contributed by atoms with Gasteiger partial charge in [-0.1, -0.05) is 23.7 Å². The summed E-state index contributed by atoms with van der Waals surface area (Å²) in [6, 6.07) is 12.9. The summed E-state index contributed by atoms with van der Waals surface area (Å²) >= 11 is 7.81. The summed E-state index contributed by atoms with van der Waals surface area (Å²) in [5.41, 5.74) is 3.12. The number of hydrogen-bond acceptors (Lipinski definition) is 5. The van der Waals surface area contributed by atoms with Crippen molar-refractivity contribution in [2.75, 3.05) is 6.54 Å². The van der Waals surface area contributed by atoms with Crippen molar-refractivity contribution in [2.45, 2.75) is 12.8 Å². The summed E-state index contributed by atoms with van der Waals surface area (Å²) in [4.78, 5) is 21.0. The quantitative estimate of drug-likeness (QED) is 0.447. The zero-order valence-corrected chi connectivity index (χ0v) is 17.0. The minimum atomic E-state index is -0.201. The Balaban J connectivity index is 1.28. The molecule has 0 atom stereocenters. The van der Waals surface area contributed by atoms with E-state index in [1.165, 1.54) is 0 Å². The molecule has 6 nitrogen and oxygen atoms in total. The minimum Gasteiger partial charge on any atom is -0.351 e. The third kappa shape index (κ3) is 4.70. The van der Waals surface area contributed by atoms with Crippen molar-refractivity contribution in [3.8, 4) is 16.9 Å². The van der Waals surface area contributed by atoms with Gasteiger partial charge < -0.3 is 5.32 Å². The van der Waals surface area contributed by atoms with Crippen LogP contribution in [-0.2, 0) is 6.42 Å². The smallest absolute Gasteiger partial charge is 0.271 e. The molecule has 0 bridgehead atoms. The number of carbonyl (C=O) groups excluding carboxylic acids is 1. The van der Waals surface area contributed by atoms with Crippen molar-refractivity contribution in [2.24, 2.45) is 0 Å². The summed E-state index contributed by atoms with van der Waals surface area (Å²) in [5, 5.41) is 10.9. The topological polar surface area (TPSA) is 72.7 Å². The number of halogens is 1. The summed E-state index contributed by atoms with van der Waals surface area (Å²) in [5.74, 6) is -0.201. The lowest BCUT2D eigenvalue weighted by atomic mass is 10.2. The van der Waals surface area contributed by atoms with Crippen molar-refractivity contribution >= 4 is 28.8 Å².